The summed E-state index contributed by atoms with van der Waals surface area (Å²) < 4.78 is 5.49. The Balaban J connectivity index is 2.23. The Labute approximate surface area is 85.5 Å². The number of oxazole rings is 1. The lowest BCUT2D eigenvalue weighted by molar-refractivity contribution is 0.0698. The molecule has 0 atom stereocenters. The Bertz CT molecular complexity index is 540. The first-order valence-electron chi connectivity index (χ1n) is 4.88. The Kier molecular flexibility index (Phi) is 1.59. The average molecular weight is 203 g/mol. The van der Waals surface area contributed by atoms with Gasteiger partial charge in [-0.3, -0.25) is 0 Å². The SMILES string of the molecule is O=C(O)c1cccc2nc(C3CC3)oc12. The van der Waals surface area contributed by atoms with E-state index < -0.39 is 5.97 Å². The van der Waals surface area contributed by atoms with Crippen LogP contribution in [0.1, 0.15) is 35.0 Å². The van der Waals surface area contributed by atoms with Gasteiger partial charge in [-0.1, -0.05) is 6.07 Å². The van der Waals surface area contributed by atoms with Gasteiger partial charge < -0.3 is 9.52 Å². The van der Waals surface area contributed by atoms with Crippen molar-refractivity contribution in [2.75, 3.05) is 0 Å². The molecule has 0 spiro atoms. The normalized spacial score (nSPS) is 15.7. The molecule has 0 amide bonds. The highest BCUT2D eigenvalue weighted by molar-refractivity contribution is 5.99. The standard InChI is InChI=1S/C11H9NO3/c13-11(14)7-2-1-3-8-9(7)15-10(12-8)6-4-5-6/h1-3,6H,4-5H2,(H,13,14). The Hall–Kier alpha value is -1.84. The molecule has 1 aliphatic rings. The van der Waals surface area contributed by atoms with Gasteiger partial charge in [-0.05, 0) is 25.0 Å². The van der Waals surface area contributed by atoms with Crippen molar-refractivity contribution in [1.82, 2.24) is 4.98 Å². The highest BCUT2D eigenvalue weighted by Crippen LogP contribution is 2.40. The maximum Gasteiger partial charge on any atom is 0.339 e. The van der Waals surface area contributed by atoms with E-state index in [2.05, 4.69) is 4.98 Å². The number of hydrogen-bond donors (Lipinski definition) is 1. The van der Waals surface area contributed by atoms with Gasteiger partial charge in [-0.2, -0.15) is 0 Å². The Morgan fingerprint density at radius 2 is 2.27 bits per heavy atom. The van der Waals surface area contributed by atoms with Crippen molar-refractivity contribution in [1.29, 1.82) is 0 Å². The van der Waals surface area contributed by atoms with Gasteiger partial charge in [-0.15, -0.1) is 0 Å². The van der Waals surface area contributed by atoms with Crippen molar-refractivity contribution in [3.8, 4) is 0 Å². The third kappa shape index (κ3) is 1.29. The number of rotatable bonds is 2. The summed E-state index contributed by atoms with van der Waals surface area (Å²) in [6, 6.07) is 4.99. The van der Waals surface area contributed by atoms with Crippen molar-refractivity contribution in [3.05, 3.63) is 29.7 Å². The van der Waals surface area contributed by atoms with Crippen molar-refractivity contribution < 1.29 is 14.3 Å². The number of carboxylic acids is 1. The van der Waals surface area contributed by atoms with Crippen molar-refractivity contribution in [2.45, 2.75) is 18.8 Å². The molecule has 76 valence electrons. The largest absolute Gasteiger partial charge is 0.478 e. The molecule has 2 aromatic rings. The molecule has 15 heavy (non-hydrogen) atoms. The minimum Gasteiger partial charge on any atom is -0.478 e. The summed E-state index contributed by atoms with van der Waals surface area (Å²) in [4.78, 5) is 15.2. The third-order valence-electron chi connectivity index (χ3n) is 2.59. The minimum absolute atomic E-state index is 0.187. The Morgan fingerprint density at radius 1 is 1.47 bits per heavy atom. The van der Waals surface area contributed by atoms with E-state index in [-0.39, 0.29) is 5.56 Å². The molecule has 1 heterocycles. The van der Waals surface area contributed by atoms with Crippen LogP contribution in [0.25, 0.3) is 11.1 Å². The van der Waals surface area contributed by atoms with Gasteiger partial charge in [-0.25, -0.2) is 9.78 Å². The summed E-state index contributed by atoms with van der Waals surface area (Å²) in [5.74, 6) is 0.108. The lowest BCUT2D eigenvalue weighted by atomic mass is 10.2. The van der Waals surface area contributed by atoms with Crippen LogP contribution in [0.15, 0.2) is 22.6 Å². The van der Waals surface area contributed by atoms with E-state index in [1.807, 2.05) is 0 Å². The fraction of sp³-hybridized carbons (Fsp3) is 0.273. The van der Waals surface area contributed by atoms with E-state index in [0.717, 1.165) is 12.8 Å². The molecule has 4 heteroatoms. The highest BCUT2D eigenvalue weighted by Gasteiger charge is 2.29. The maximum atomic E-state index is 10.9. The molecule has 0 saturated heterocycles. The molecule has 3 rings (SSSR count). The zero-order valence-corrected chi connectivity index (χ0v) is 7.93. The monoisotopic (exact) mass is 203 g/mol. The predicted molar refractivity (Wildman–Crippen MR) is 52.9 cm³/mol. The topological polar surface area (TPSA) is 63.3 Å². The van der Waals surface area contributed by atoms with E-state index in [1.54, 1.807) is 12.1 Å². The summed E-state index contributed by atoms with van der Waals surface area (Å²) in [7, 11) is 0. The first-order valence-corrected chi connectivity index (χ1v) is 4.88. The van der Waals surface area contributed by atoms with Crippen LogP contribution >= 0.6 is 0 Å². The number of nitrogens with zero attached hydrogens (tertiary/aromatic N) is 1. The molecule has 1 saturated carbocycles. The van der Waals surface area contributed by atoms with E-state index in [4.69, 9.17) is 9.52 Å². The van der Waals surface area contributed by atoms with E-state index in [1.165, 1.54) is 6.07 Å². The summed E-state index contributed by atoms with van der Waals surface area (Å²) in [6.45, 7) is 0. The molecule has 1 aromatic heterocycles. The van der Waals surface area contributed by atoms with E-state index in [0.29, 0.717) is 22.9 Å². The fourth-order valence-electron chi connectivity index (χ4n) is 1.64. The summed E-state index contributed by atoms with van der Waals surface area (Å²) in [6.07, 6.45) is 2.18. The number of aromatic carboxylic acids is 1. The summed E-state index contributed by atoms with van der Waals surface area (Å²) in [5.41, 5.74) is 1.22. The third-order valence-corrected chi connectivity index (χ3v) is 2.59. The molecule has 1 aromatic carbocycles. The number of fused-ring (bicyclic) bond motifs is 1. The van der Waals surface area contributed by atoms with Gasteiger partial charge >= 0.3 is 5.97 Å². The first-order chi connectivity index (χ1) is 7.25. The first kappa shape index (κ1) is 8.47. The van der Waals surface area contributed by atoms with Crippen molar-refractivity contribution >= 4 is 17.1 Å². The van der Waals surface area contributed by atoms with Crippen LogP contribution in [0.5, 0.6) is 0 Å². The minimum atomic E-state index is -0.973. The molecular formula is C11H9NO3. The number of hydrogen-bond acceptors (Lipinski definition) is 3. The smallest absolute Gasteiger partial charge is 0.339 e. The second-order valence-electron chi connectivity index (χ2n) is 3.79. The van der Waals surface area contributed by atoms with Crippen LogP contribution in [0.3, 0.4) is 0 Å². The van der Waals surface area contributed by atoms with Crippen LogP contribution < -0.4 is 0 Å². The number of carboxylic acid groups (broad SMARTS) is 1. The Morgan fingerprint density at radius 3 is 2.93 bits per heavy atom. The van der Waals surface area contributed by atoms with Crippen LogP contribution in [0.2, 0.25) is 0 Å². The number of benzene rings is 1. The molecule has 1 N–H and O–H groups in total. The highest BCUT2D eigenvalue weighted by atomic mass is 16.4. The quantitative estimate of drug-likeness (QED) is 0.813. The molecular weight excluding hydrogens is 194 g/mol. The number of aromatic nitrogens is 1. The average Bonchev–Trinajstić information content (AvgIpc) is 2.96. The van der Waals surface area contributed by atoms with Gasteiger partial charge in [0.25, 0.3) is 0 Å². The predicted octanol–water partition coefficient (Wildman–Crippen LogP) is 2.40. The van der Waals surface area contributed by atoms with E-state index in [9.17, 15) is 4.79 Å². The molecule has 1 fully saturated rings. The molecule has 0 radical (unpaired) electrons. The maximum absolute atomic E-state index is 10.9. The fourth-order valence-corrected chi connectivity index (χ4v) is 1.64. The van der Waals surface area contributed by atoms with Gasteiger partial charge in [0.05, 0.1) is 0 Å². The van der Waals surface area contributed by atoms with E-state index >= 15 is 0 Å². The zero-order chi connectivity index (χ0) is 10.4. The molecule has 4 nitrogen and oxygen atoms in total. The molecule has 0 aliphatic heterocycles. The van der Waals surface area contributed by atoms with Crippen LogP contribution in [-0.4, -0.2) is 16.1 Å². The number of carbonyl (C=O) groups is 1. The molecule has 1 aliphatic carbocycles. The van der Waals surface area contributed by atoms with Crippen LogP contribution in [0.4, 0.5) is 0 Å². The van der Waals surface area contributed by atoms with Crippen LogP contribution in [0, 0.1) is 0 Å². The van der Waals surface area contributed by atoms with Crippen molar-refractivity contribution in [3.63, 3.8) is 0 Å². The molecule has 0 unspecified atom stereocenters. The summed E-state index contributed by atoms with van der Waals surface area (Å²) >= 11 is 0. The lowest BCUT2D eigenvalue weighted by Crippen LogP contribution is -1.95. The van der Waals surface area contributed by atoms with Crippen molar-refractivity contribution in [2.24, 2.45) is 0 Å². The number of para-hydroxylation sites is 1. The zero-order valence-electron chi connectivity index (χ0n) is 7.93. The molecule has 0 bridgehead atoms. The second-order valence-corrected chi connectivity index (χ2v) is 3.79. The van der Waals surface area contributed by atoms with Gasteiger partial charge in [0, 0.05) is 5.92 Å². The second kappa shape index (κ2) is 2.82. The summed E-state index contributed by atoms with van der Waals surface area (Å²) in [5, 5.41) is 8.96. The lowest BCUT2D eigenvalue weighted by Gasteiger charge is -1.92. The van der Waals surface area contributed by atoms with Crippen LogP contribution in [-0.2, 0) is 0 Å². The van der Waals surface area contributed by atoms with Gasteiger partial charge in [0.2, 0.25) is 0 Å². The van der Waals surface area contributed by atoms with Gasteiger partial charge in [0.1, 0.15) is 11.1 Å². The van der Waals surface area contributed by atoms with Gasteiger partial charge in [0.15, 0.2) is 11.5 Å².